The molecule has 0 aliphatic carbocycles. The second kappa shape index (κ2) is 14.0. The molecule has 0 unspecified atom stereocenters. The van der Waals surface area contributed by atoms with E-state index < -0.39 is 20.2 Å². The third kappa shape index (κ3) is 11.9. The fourth-order valence-electron chi connectivity index (χ4n) is 3.45. The molecule has 1 aliphatic rings. The molecule has 218 valence electrons. The number of anilines is 1. The number of nitrogens with one attached hydrogen (secondary N) is 2. The zero-order chi connectivity index (χ0) is 30.1. The minimum atomic E-state index is -3.67. The van der Waals surface area contributed by atoms with Crippen LogP contribution in [0.25, 0.3) is 17.0 Å². The zero-order valence-electron chi connectivity index (χ0n) is 22.4. The number of amides is 2. The maximum Gasteiger partial charge on any atom is 0.261 e. The van der Waals surface area contributed by atoms with Gasteiger partial charge in [0.2, 0.25) is 11.8 Å². The van der Waals surface area contributed by atoms with E-state index in [0.717, 1.165) is 39.2 Å². The van der Waals surface area contributed by atoms with Crippen LogP contribution in [0.5, 0.6) is 0 Å². The van der Waals surface area contributed by atoms with Crippen molar-refractivity contribution in [1.82, 2.24) is 15.2 Å². The molecule has 4 N–H and O–H groups in total. The quantitative estimate of drug-likeness (QED) is 0.255. The molecule has 40 heavy (non-hydrogen) atoms. The smallest absolute Gasteiger partial charge is 0.261 e. The van der Waals surface area contributed by atoms with Crippen molar-refractivity contribution < 1.29 is 39.9 Å². The third-order valence-electron chi connectivity index (χ3n) is 5.23. The van der Waals surface area contributed by atoms with E-state index in [-0.39, 0.29) is 11.8 Å². The van der Waals surface area contributed by atoms with Crippen LogP contribution in [0.4, 0.5) is 5.82 Å². The van der Waals surface area contributed by atoms with Gasteiger partial charge in [-0.15, -0.1) is 0 Å². The number of carbonyl (C=O) groups is 2. The molecule has 0 spiro atoms. The van der Waals surface area contributed by atoms with Crippen LogP contribution in [0.1, 0.15) is 28.9 Å². The molecule has 1 aliphatic heterocycles. The van der Waals surface area contributed by atoms with Crippen molar-refractivity contribution in [2.24, 2.45) is 0 Å². The van der Waals surface area contributed by atoms with Gasteiger partial charge in [0.1, 0.15) is 17.2 Å². The lowest BCUT2D eigenvalue weighted by Gasteiger charge is -2.16. The summed E-state index contributed by atoms with van der Waals surface area (Å²) in [5.41, 5.74) is 3.57. The molecule has 1 aromatic carbocycles. The average Bonchev–Trinajstić information content (AvgIpc) is 3.13. The van der Waals surface area contributed by atoms with E-state index >= 15 is 0 Å². The monoisotopic (exact) mass is 596 g/mol. The summed E-state index contributed by atoms with van der Waals surface area (Å²) in [6, 6.07) is 9.78. The number of pyridine rings is 1. The SMILES string of the molecule is CS(=O)(=O)O.CS(=O)(=O)O.Cc1c(CN(C)C(=O)C=Cc2cnc3c(c2)CNC(=O)CCN3)oc2ccccc12. The van der Waals surface area contributed by atoms with Crippen LogP contribution in [0.3, 0.4) is 0 Å². The van der Waals surface area contributed by atoms with Crippen molar-refractivity contribution in [3.8, 4) is 0 Å². The van der Waals surface area contributed by atoms with E-state index in [1.54, 1.807) is 24.2 Å². The number of likely N-dealkylation sites (N-methyl/N-ethyl adjacent to an activating group) is 1. The summed E-state index contributed by atoms with van der Waals surface area (Å²) in [6.45, 7) is 3.36. The fourth-order valence-corrected chi connectivity index (χ4v) is 3.45. The number of fused-ring (bicyclic) bond motifs is 2. The topological polar surface area (TPSA) is 196 Å². The highest BCUT2D eigenvalue weighted by Crippen LogP contribution is 2.25. The summed E-state index contributed by atoms with van der Waals surface area (Å²) >= 11 is 0. The van der Waals surface area contributed by atoms with Gasteiger partial charge in [0.15, 0.2) is 0 Å². The molecule has 3 heterocycles. The van der Waals surface area contributed by atoms with Crippen molar-refractivity contribution in [3.63, 3.8) is 0 Å². The van der Waals surface area contributed by atoms with Gasteiger partial charge in [-0.1, -0.05) is 18.2 Å². The number of aromatic nitrogens is 1. The molecule has 4 rings (SSSR count). The maximum absolute atomic E-state index is 12.6. The highest BCUT2D eigenvalue weighted by molar-refractivity contribution is 7.85. The Bertz CT molecular complexity index is 1550. The second-order valence-electron chi connectivity index (χ2n) is 8.87. The number of aryl methyl sites for hydroxylation is 1. The first kappa shape index (κ1) is 32.4. The van der Waals surface area contributed by atoms with Gasteiger partial charge in [-0.25, -0.2) is 4.98 Å². The number of hydrogen-bond donors (Lipinski definition) is 4. The Kier molecular flexibility index (Phi) is 11.4. The Morgan fingerprint density at radius 3 is 2.38 bits per heavy atom. The zero-order valence-corrected chi connectivity index (χ0v) is 24.0. The Labute approximate surface area is 232 Å². The molecule has 15 heteroatoms. The Morgan fingerprint density at radius 2 is 1.75 bits per heavy atom. The number of carbonyl (C=O) groups excluding carboxylic acids is 2. The predicted octanol–water partition coefficient (Wildman–Crippen LogP) is 2.25. The van der Waals surface area contributed by atoms with Gasteiger partial charge in [-0.3, -0.25) is 18.7 Å². The molecular weight excluding hydrogens is 564 g/mol. The normalized spacial score (nSPS) is 13.4. The van der Waals surface area contributed by atoms with E-state index in [4.69, 9.17) is 13.5 Å². The standard InChI is InChI=1S/C23H24N4O3.2CH4O3S/c1-15-18-5-3-4-6-19(18)30-20(15)14-27(2)22(29)8-7-16-11-17-13-25-21(28)9-10-24-23(17)26-12-16;2*1-5(2,3)4/h3-8,11-12H,9-10,13-14H2,1-2H3,(H,24,26)(H,25,28);2*1H3,(H,2,3,4). The first-order valence-corrected chi connectivity index (χ1v) is 15.5. The number of benzene rings is 1. The summed E-state index contributed by atoms with van der Waals surface area (Å²) in [4.78, 5) is 30.2. The maximum atomic E-state index is 12.6. The van der Waals surface area contributed by atoms with Crippen molar-refractivity contribution >= 4 is 54.9 Å². The van der Waals surface area contributed by atoms with Crippen LogP contribution < -0.4 is 10.6 Å². The molecule has 0 bridgehead atoms. The number of rotatable bonds is 4. The first-order chi connectivity index (χ1) is 18.5. The van der Waals surface area contributed by atoms with Gasteiger partial charge in [0.25, 0.3) is 20.2 Å². The van der Waals surface area contributed by atoms with Crippen LogP contribution in [0.15, 0.2) is 47.0 Å². The van der Waals surface area contributed by atoms with Crippen LogP contribution >= 0.6 is 0 Å². The summed E-state index contributed by atoms with van der Waals surface area (Å²) < 4.78 is 57.6. The lowest BCUT2D eigenvalue weighted by atomic mass is 10.1. The second-order valence-corrected chi connectivity index (χ2v) is 11.8. The average molecular weight is 597 g/mol. The summed E-state index contributed by atoms with van der Waals surface area (Å²) in [6.07, 6.45) is 6.82. The molecule has 13 nitrogen and oxygen atoms in total. The molecular formula is C25H32N4O9S2. The lowest BCUT2D eigenvalue weighted by Crippen LogP contribution is -2.28. The molecule has 0 saturated carbocycles. The number of para-hydroxylation sites is 1. The van der Waals surface area contributed by atoms with Gasteiger partial charge < -0.3 is 20.0 Å². The van der Waals surface area contributed by atoms with Gasteiger partial charge in [0.05, 0.1) is 19.1 Å². The number of furan rings is 1. The van der Waals surface area contributed by atoms with E-state index in [1.165, 1.54) is 6.08 Å². The van der Waals surface area contributed by atoms with Gasteiger partial charge in [0, 0.05) is 55.3 Å². The molecule has 0 saturated heterocycles. The van der Waals surface area contributed by atoms with Crippen molar-refractivity contribution in [2.45, 2.75) is 26.4 Å². The van der Waals surface area contributed by atoms with Crippen LogP contribution in [0.2, 0.25) is 0 Å². The summed E-state index contributed by atoms with van der Waals surface area (Å²) in [5.74, 6) is 1.42. The van der Waals surface area contributed by atoms with E-state index in [1.807, 2.05) is 37.3 Å². The highest BCUT2D eigenvalue weighted by Gasteiger charge is 2.15. The minimum absolute atomic E-state index is 0.00628. The molecule has 0 fully saturated rings. The molecule has 0 radical (unpaired) electrons. The van der Waals surface area contributed by atoms with E-state index in [0.29, 0.717) is 38.6 Å². The third-order valence-corrected chi connectivity index (χ3v) is 5.23. The van der Waals surface area contributed by atoms with E-state index in [2.05, 4.69) is 15.6 Å². The van der Waals surface area contributed by atoms with Gasteiger partial charge in [-0.05, 0) is 30.7 Å². The van der Waals surface area contributed by atoms with Crippen molar-refractivity contribution in [1.29, 1.82) is 0 Å². The predicted molar refractivity (Wildman–Crippen MR) is 151 cm³/mol. The Morgan fingerprint density at radius 1 is 1.12 bits per heavy atom. The number of nitrogens with zero attached hydrogens (tertiary/aromatic N) is 2. The van der Waals surface area contributed by atoms with E-state index in [9.17, 15) is 26.4 Å². The van der Waals surface area contributed by atoms with Gasteiger partial charge in [-0.2, -0.15) is 16.8 Å². The molecule has 3 aromatic rings. The summed E-state index contributed by atoms with van der Waals surface area (Å²) in [5, 5.41) is 7.10. The van der Waals surface area contributed by atoms with Gasteiger partial charge >= 0.3 is 0 Å². The molecule has 0 atom stereocenters. The summed E-state index contributed by atoms with van der Waals surface area (Å²) in [7, 11) is -5.59. The van der Waals surface area contributed by atoms with Crippen LogP contribution in [0, 0.1) is 6.92 Å². The first-order valence-electron chi connectivity index (χ1n) is 11.8. The highest BCUT2D eigenvalue weighted by atomic mass is 32.2. The molecule has 2 aromatic heterocycles. The largest absolute Gasteiger partial charge is 0.459 e. The Balaban J connectivity index is 0.000000482. The number of hydrogen-bond acceptors (Lipinski definition) is 9. The van der Waals surface area contributed by atoms with Crippen LogP contribution in [-0.2, 0) is 42.9 Å². The minimum Gasteiger partial charge on any atom is -0.459 e. The van der Waals surface area contributed by atoms with Crippen molar-refractivity contribution in [2.75, 3.05) is 31.4 Å². The Hall–Kier alpha value is -3.79. The molecule has 2 amide bonds. The van der Waals surface area contributed by atoms with Crippen LogP contribution in [-0.4, -0.2) is 73.7 Å². The van der Waals surface area contributed by atoms with Crippen molar-refractivity contribution in [3.05, 3.63) is 65.1 Å². The lowest BCUT2D eigenvalue weighted by molar-refractivity contribution is -0.125. The fraction of sp³-hybridized carbons (Fsp3) is 0.320.